The third-order valence-corrected chi connectivity index (χ3v) is 5.29. The van der Waals surface area contributed by atoms with Crippen LogP contribution in [0.15, 0.2) is 72.8 Å². The molecule has 0 amide bonds. The number of carbonyl (C=O) groups is 1. The van der Waals surface area contributed by atoms with Crippen LogP contribution >= 0.6 is 0 Å². The highest BCUT2D eigenvalue weighted by atomic mass is 16.1. The lowest BCUT2D eigenvalue weighted by atomic mass is 9.58. The second-order valence-electron chi connectivity index (χ2n) is 6.48. The molecular formula is C21H20O. The van der Waals surface area contributed by atoms with Crippen molar-refractivity contribution in [2.75, 3.05) is 0 Å². The maximum Gasteiger partial charge on any atom is 0.167 e. The minimum absolute atomic E-state index is 0.0912. The van der Waals surface area contributed by atoms with E-state index in [1.807, 2.05) is 30.3 Å². The Balaban J connectivity index is 1.75. The molecule has 3 aliphatic carbocycles. The van der Waals surface area contributed by atoms with E-state index >= 15 is 0 Å². The van der Waals surface area contributed by atoms with E-state index in [0.717, 1.165) is 12.0 Å². The number of Topliss-reactive ketones (excluding diaryl/α,β-unsaturated/α-hetero) is 1. The van der Waals surface area contributed by atoms with Crippen LogP contribution in [-0.4, -0.2) is 5.78 Å². The molecule has 0 unspecified atom stereocenters. The van der Waals surface area contributed by atoms with Gasteiger partial charge in [-0.1, -0.05) is 72.8 Å². The number of rotatable bonds is 3. The van der Waals surface area contributed by atoms with Gasteiger partial charge < -0.3 is 0 Å². The van der Waals surface area contributed by atoms with Crippen LogP contribution < -0.4 is 0 Å². The summed E-state index contributed by atoms with van der Waals surface area (Å²) < 4.78 is 0. The van der Waals surface area contributed by atoms with Gasteiger partial charge in [-0.15, -0.1) is 0 Å². The van der Waals surface area contributed by atoms with Crippen molar-refractivity contribution in [1.82, 2.24) is 0 Å². The number of hydrogen-bond acceptors (Lipinski definition) is 1. The number of fused-ring (bicyclic) bond motifs is 2. The van der Waals surface area contributed by atoms with Crippen molar-refractivity contribution in [3.63, 3.8) is 0 Å². The fourth-order valence-electron chi connectivity index (χ4n) is 4.28. The van der Waals surface area contributed by atoms with Gasteiger partial charge in [-0.3, -0.25) is 4.79 Å². The molecule has 2 bridgehead atoms. The Bertz CT molecular complexity index is 686. The van der Waals surface area contributed by atoms with Crippen LogP contribution in [0.2, 0.25) is 0 Å². The van der Waals surface area contributed by atoms with Crippen molar-refractivity contribution in [2.24, 2.45) is 17.8 Å². The van der Waals surface area contributed by atoms with Gasteiger partial charge in [0.2, 0.25) is 0 Å². The monoisotopic (exact) mass is 288 g/mol. The van der Waals surface area contributed by atoms with Crippen LogP contribution in [0.1, 0.15) is 34.7 Å². The van der Waals surface area contributed by atoms with Crippen LogP contribution in [0, 0.1) is 17.8 Å². The molecule has 0 heterocycles. The lowest BCUT2D eigenvalue weighted by molar-refractivity contribution is 0.0770. The minimum atomic E-state index is 0.0912. The Hall–Kier alpha value is -2.15. The zero-order chi connectivity index (χ0) is 14.9. The Labute approximate surface area is 131 Å². The molecule has 1 saturated carbocycles. The van der Waals surface area contributed by atoms with Gasteiger partial charge in [0.25, 0.3) is 0 Å². The second-order valence-corrected chi connectivity index (χ2v) is 6.48. The predicted molar refractivity (Wildman–Crippen MR) is 88.8 cm³/mol. The molecule has 1 nitrogen and oxygen atoms in total. The molecule has 0 aliphatic heterocycles. The molecule has 1 heteroatoms. The quantitative estimate of drug-likeness (QED) is 0.582. The molecule has 2 aromatic rings. The van der Waals surface area contributed by atoms with E-state index in [1.54, 1.807) is 0 Å². The number of carbonyl (C=O) groups excluding carboxylic acids is 1. The van der Waals surface area contributed by atoms with E-state index < -0.39 is 0 Å². The molecular weight excluding hydrogens is 268 g/mol. The van der Waals surface area contributed by atoms with Gasteiger partial charge in [0.05, 0.1) is 0 Å². The lowest BCUT2D eigenvalue weighted by Crippen LogP contribution is -2.39. The first-order valence-corrected chi connectivity index (χ1v) is 8.17. The van der Waals surface area contributed by atoms with Gasteiger partial charge in [-0.05, 0) is 30.2 Å². The maximum atomic E-state index is 13.1. The summed E-state index contributed by atoms with van der Waals surface area (Å²) in [6.07, 6.45) is 6.99. The van der Waals surface area contributed by atoms with Crippen molar-refractivity contribution in [3.8, 4) is 0 Å². The third-order valence-electron chi connectivity index (χ3n) is 5.29. The third kappa shape index (κ3) is 2.21. The smallest absolute Gasteiger partial charge is 0.167 e. The van der Waals surface area contributed by atoms with E-state index in [-0.39, 0.29) is 5.92 Å². The van der Waals surface area contributed by atoms with Crippen LogP contribution in [0.25, 0.3) is 0 Å². The lowest BCUT2D eigenvalue weighted by Gasteiger charge is -2.44. The first kappa shape index (κ1) is 13.5. The second kappa shape index (κ2) is 5.57. The van der Waals surface area contributed by atoms with Crippen LogP contribution in [0.3, 0.4) is 0 Å². The predicted octanol–water partition coefficient (Wildman–Crippen LogP) is 4.87. The normalized spacial score (nSPS) is 29.5. The van der Waals surface area contributed by atoms with Crippen LogP contribution in [0.5, 0.6) is 0 Å². The van der Waals surface area contributed by atoms with Crippen molar-refractivity contribution in [1.29, 1.82) is 0 Å². The summed E-state index contributed by atoms with van der Waals surface area (Å²) in [6, 6.07) is 20.4. The molecule has 0 aromatic heterocycles. The van der Waals surface area contributed by atoms with Gasteiger partial charge >= 0.3 is 0 Å². The molecule has 1 fully saturated rings. The van der Waals surface area contributed by atoms with Crippen LogP contribution in [-0.2, 0) is 0 Å². The van der Waals surface area contributed by atoms with E-state index in [1.165, 1.54) is 12.0 Å². The topological polar surface area (TPSA) is 17.1 Å². The molecule has 22 heavy (non-hydrogen) atoms. The van der Waals surface area contributed by atoms with Crippen LogP contribution in [0.4, 0.5) is 0 Å². The average molecular weight is 288 g/mol. The molecule has 0 N–H and O–H groups in total. The molecule has 0 saturated heterocycles. The highest BCUT2D eigenvalue weighted by Gasteiger charge is 2.44. The standard InChI is InChI=1S/C21H20O/c22-21(18-9-5-2-6-10-18)20-17-13-11-16(12-14-17)19(20)15-7-3-1-4-8-15/h1-11,13,16-17,19-20H,12,14H2/t16-,17+,19-,20-/m0/s1. The fourth-order valence-corrected chi connectivity index (χ4v) is 4.28. The molecule has 2 aromatic carbocycles. The van der Waals surface area contributed by atoms with Gasteiger partial charge in [0, 0.05) is 17.4 Å². The maximum absolute atomic E-state index is 13.1. The Morgan fingerprint density at radius 3 is 2.00 bits per heavy atom. The molecule has 4 atom stereocenters. The molecule has 0 spiro atoms. The van der Waals surface area contributed by atoms with Crippen molar-refractivity contribution in [2.45, 2.75) is 18.8 Å². The summed E-state index contributed by atoms with van der Waals surface area (Å²) in [7, 11) is 0. The van der Waals surface area contributed by atoms with Crippen molar-refractivity contribution >= 4 is 5.78 Å². The summed E-state index contributed by atoms with van der Waals surface area (Å²) in [5.74, 6) is 1.63. The molecule has 3 aliphatic rings. The summed E-state index contributed by atoms with van der Waals surface area (Å²) in [5, 5.41) is 0. The number of allylic oxidation sites excluding steroid dienone is 2. The Morgan fingerprint density at radius 1 is 0.773 bits per heavy atom. The molecule has 110 valence electrons. The van der Waals surface area contributed by atoms with Crippen molar-refractivity contribution in [3.05, 3.63) is 83.9 Å². The zero-order valence-corrected chi connectivity index (χ0v) is 12.6. The Morgan fingerprint density at radius 2 is 1.36 bits per heavy atom. The highest BCUT2D eigenvalue weighted by Crippen LogP contribution is 2.50. The highest BCUT2D eigenvalue weighted by molar-refractivity contribution is 5.99. The Kier molecular flexibility index (Phi) is 3.42. The molecule has 5 rings (SSSR count). The summed E-state index contributed by atoms with van der Waals surface area (Å²) in [4.78, 5) is 13.1. The van der Waals surface area contributed by atoms with E-state index in [2.05, 4.69) is 42.5 Å². The SMILES string of the molecule is O=C(c1ccccc1)[C@@H]1[C@@H](c2ccccc2)[C@H]2C=C[C@@H]1CC2. The largest absolute Gasteiger partial charge is 0.294 e. The van der Waals surface area contributed by atoms with E-state index in [4.69, 9.17) is 0 Å². The zero-order valence-electron chi connectivity index (χ0n) is 12.6. The van der Waals surface area contributed by atoms with E-state index in [9.17, 15) is 4.79 Å². The molecule has 0 radical (unpaired) electrons. The number of ketones is 1. The fraction of sp³-hybridized carbons (Fsp3) is 0.286. The number of benzene rings is 2. The van der Waals surface area contributed by atoms with Gasteiger partial charge in [-0.2, -0.15) is 0 Å². The van der Waals surface area contributed by atoms with Gasteiger partial charge in [0.15, 0.2) is 5.78 Å². The summed E-state index contributed by atoms with van der Waals surface area (Å²) in [5.41, 5.74) is 2.17. The van der Waals surface area contributed by atoms with Gasteiger partial charge in [-0.25, -0.2) is 0 Å². The number of hydrogen-bond donors (Lipinski definition) is 0. The summed E-state index contributed by atoms with van der Waals surface area (Å²) >= 11 is 0. The average Bonchev–Trinajstić information content (AvgIpc) is 2.63. The minimum Gasteiger partial charge on any atom is -0.294 e. The first-order valence-electron chi connectivity index (χ1n) is 8.17. The van der Waals surface area contributed by atoms with Crippen molar-refractivity contribution < 1.29 is 4.79 Å². The summed E-state index contributed by atoms with van der Waals surface area (Å²) in [6.45, 7) is 0. The van der Waals surface area contributed by atoms with Gasteiger partial charge in [0.1, 0.15) is 0 Å². The first-order chi connectivity index (χ1) is 10.8. The van der Waals surface area contributed by atoms with E-state index in [0.29, 0.717) is 23.5 Å².